The Morgan fingerprint density at radius 2 is 1.86 bits per heavy atom. The largest absolute Gasteiger partial charge is 0.444 e. The van der Waals surface area contributed by atoms with E-state index < -0.39 is 11.7 Å². The van der Waals surface area contributed by atoms with Crippen LogP contribution < -0.4 is 11.1 Å². The average Bonchev–Trinajstić information content (AvgIpc) is 2.35. The van der Waals surface area contributed by atoms with E-state index in [1.807, 2.05) is 26.8 Å². The quantitative estimate of drug-likeness (QED) is 0.789. The first kappa shape index (κ1) is 17.5. The number of carbonyl (C=O) groups excluding carboxylic acids is 1. The van der Waals surface area contributed by atoms with Gasteiger partial charge in [-0.1, -0.05) is 37.3 Å². The highest BCUT2D eigenvalue weighted by molar-refractivity contribution is 5.67. The Bertz CT molecular complexity index is 426. The maximum Gasteiger partial charge on any atom is 0.408 e. The third kappa shape index (κ3) is 8.35. The van der Waals surface area contributed by atoms with Gasteiger partial charge in [0.15, 0.2) is 0 Å². The Kier molecular flexibility index (Phi) is 6.69. The Morgan fingerprint density at radius 1 is 1.24 bits per heavy atom. The number of nitrogens with two attached hydrogens (primary N) is 1. The molecule has 1 amide bonds. The van der Waals surface area contributed by atoms with Crippen LogP contribution in [0.3, 0.4) is 0 Å². The van der Waals surface area contributed by atoms with Gasteiger partial charge in [0.25, 0.3) is 0 Å². The highest BCUT2D eigenvalue weighted by atomic mass is 16.6. The van der Waals surface area contributed by atoms with Gasteiger partial charge in [0.1, 0.15) is 5.60 Å². The van der Waals surface area contributed by atoms with Crippen LogP contribution in [0.25, 0.3) is 0 Å². The zero-order chi connectivity index (χ0) is 15.9. The van der Waals surface area contributed by atoms with Crippen molar-refractivity contribution < 1.29 is 9.53 Å². The number of alkyl carbamates (subject to hydrolysis) is 1. The number of benzene rings is 1. The van der Waals surface area contributed by atoms with E-state index in [1.54, 1.807) is 0 Å². The molecule has 4 nitrogen and oxygen atoms in total. The van der Waals surface area contributed by atoms with Gasteiger partial charge in [0.05, 0.1) is 6.17 Å². The van der Waals surface area contributed by atoms with Crippen LogP contribution in [-0.2, 0) is 11.2 Å². The van der Waals surface area contributed by atoms with E-state index in [2.05, 4.69) is 36.5 Å². The maximum atomic E-state index is 11.6. The number of carbonyl (C=O) groups is 1. The van der Waals surface area contributed by atoms with Crippen LogP contribution in [0, 0.1) is 5.92 Å². The van der Waals surface area contributed by atoms with Crippen molar-refractivity contribution in [2.75, 3.05) is 0 Å². The van der Waals surface area contributed by atoms with Gasteiger partial charge in [-0.15, -0.1) is 0 Å². The van der Waals surface area contributed by atoms with Crippen LogP contribution in [0.15, 0.2) is 30.3 Å². The summed E-state index contributed by atoms with van der Waals surface area (Å²) in [5, 5.41) is 2.67. The molecule has 0 aliphatic heterocycles. The minimum absolute atomic E-state index is 0.363. The average molecular weight is 292 g/mol. The molecule has 0 aromatic heterocycles. The van der Waals surface area contributed by atoms with Crippen molar-refractivity contribution in [1.29, 1.82) is 0 Å². The molecule has 1 aromatic carbocycles. The van der Waals surface area contributed by atoms with Crippen LogP contribution in [0.2, 0.25) is 0 Å². The lowest BCUT2D eigenvalue weighted by Gasteiger charge is -2.22. The zero-order valence-electron chi connectivity index (χ0n) is 13.6. The van der Waals surface area contributed by atoms with Crippen molar-refractivity contribution in [3.8, 4) is 0 Å². The monoisotopic (exact) mass is 292 g/mol. The molecule has 0 saturated carbocycles. The number of ether oxygens (including phenoxy) is 1. The van der Waals surface area contributed by atoms with Crippen LogP contribution in [-0.4, -0.2) is 17.9 Å². The molecule has 21 heavy (non-hydrogen) atoms. The lowest BCUT2D eigenvalue weighted by Crippen LogP contribution is -2.44. The van der Waals surface area contributed by atoms with Crippen molar-refractivity contribution in [1.82, 2.24) is 5.32 Å². The second kappa shape index (κ2) is 8.03. The number of amides is 1. The predicted octanol–water partition coefficient (Wildman–Crippen LogP) is 3.45. The van der Waals surface area contributed by atoms with E-state index in [9.17, 15) is 4.79 Å². The minimum Gasteiger partial charge on any atom is -0.444 e. The van der Waals surface area contributed by atoms with Crippen LogP contribution in [0.1, 0.15) is 46.1 Å². The first-order valence-corrected chi connectivity index (χ1v) is 7.55. The van der Waals surface area contributed by atoms with Crippen molar-refractivity contribution in [3.63, 3.8) is 0 Å². The van der Waals surface area contributed by atoms with Crippen LogP contribution in [0.5, 0.6) is 0 Å². The number of nitrogens with one attached hydrogen (secondary N) is 1. The minimum atomic E-state index is -0.496. The Hall–Kier alpha value is -1.55. The highest BCUT2D eigenvalue weighted by Gasteiger charge is 2.18. The molecule has 0 saturated heterocycles. The molecule has 1 rings (SSSR count). The van der Waals surface area contributed by atoms with Gasteiger partial charge >= 0.3 is 6.09 Å². The lowest BCUT2D eigenvalue weighted by atomic mass is 9.96. The van der Waals surface area contributed by atoms with E-state index in [-0.39, 0.29) is 6.17 Å². The van der Waals surface area contributed by atoms with Gasteiger partial charge in [-0.2, -0.15) is 0 Å². The summed E-state index contributed by atoms with van der Waals surface area (Å²) in [6.07, 6.45) is 1.92. The van der Waals surface area contributed by atoms with Crippen molar-refractivity contribution in [3.05, 3.63) is 35.9 Å². The molecule has 1 aromatic rings. The van der Waals surface area contributed by atoms with Gasteiger partial charge in [0, 0.05) is 0 Å². The third-order valence-electron chi connectivity index (χ3n) is 3.10. The molecule has 3 N–H and O–H groups in total. The second-order valence-corrected chi connectivity index (χ2v) is 6.62. The van der Waals surface area contributed by atoms with E-state index in [1.165, 1.54) is 5.56 Å². The molecule has 0 radical (unpaired) electrons. The van der Waals surface area contributed by atoms with Crippen LogP contribution >= 0.6 is 0 Å². The fourth-order valence-corrected chi connectivity index (χ4v) is 2.11. The number of hydrogen-bond acceptors (Lipinski definition) is 3. The van der Waals surface area contributed by atoms with Gasteiger partial charge in [-0.25, -0.2) is 4.79 Å². The molecule has 2 unspecified atom stereocenters. The summed E-state index contributed by atoms with van der Waals surface area (Å²) in [6.45, 7) is 7.70. The van der Waals surface area contributed by atoms with Crippen molar-refractivity contribution in [2.24, 2.45) is 11.7 Å². The molecule has 2 atom stereocenters. The van der Waals surface area contributed by atoms with E-state index in [4.69, 9.17) is 10.5 Å². The van der Waals surface area contributed by atoms with Crippen LogP contribution in [0.4, 0.5) is 4.79 Å². The van der Waals surface area contributed by atoms with E-state index in [0.29, 0.717) is 5.92 Å². The third-order valence-corrected chi connectivity index (χ3v) is 3.10. The number of rotatable bonds is 6. The fourth-order valence-electron chi connectivity index (χ4n) is 2.11. The van der Waals surface area contributed by atoms with E-state index in [0.717, 1.165) is 19.3 Å². The van der Waals surface area contributed by atoms with Gasteiger partial charge in [0.2, 0.25) is 0 Å². The molecule has 0 aliphatic carbocycles. The zero-order valence-corrected chi connectivity index (χ0v) is 13.6. The molecule has 0 aliphatic rings. The standard InChI is InChI=1S/C17H28N2O2/c1-13(12-14-8-6-5-7-9-14)10-11-15(18)19-16(20)21-17(2,3)4/h5-9,13,15H,10-12,18H2,1-4H3,(H,19,20). The molecule has 4 heteroatoms. The smallest absolute Gasteiger partial charge is 0.408 e. The lowest BCUT2D eigenvalue weighted by molar-refractivity contribution is 0.0502. The van der Waals surface area contributed by atoms with Crippen molar-refractivity contribution in [2.45, 2.75) is 58.7 Å². The summed E-state index contributed by atoms with van der Waals surface area (Å²) >= 11 is 0. The van der Waals surface area contributed by atoms with Gasteiger partial charge in [-0.3, -0.25) is 0 Å². The van der Waals surface area contributed by atoms with E-state index >= 15 is 0 Å². The molecular formula is C17H28N2O2. The highest BCUT2D eigenvalue weighted by Crippen LogP contribution is 2.14. The summed E-state index contributed by atoms with van der Waals surface area (Å²) in [6, 6.07) is 10.4. The summed E-state index contributed by atoms with van der Waals surface area (Å²) in [5.74, 6) is 0.527. The topological polar surface area (TPSA) is 64.3 Å². The summed E-state index contributed by atoms with van der Waals surface area (Å²) in [7, 11) is 0. The maximum absolute atomic E-state index is 11.6. The normalized spacial score (nSPS) is 14.3. The first-order chi connectivity index (χ1) is 9.76. The van der Waals surface area contributed by atoms with Crippen molar-refractivity contribution >= 4 is 6.09 Å². The molecule has 0 fully saturated rings. The SMILES string of the molecule is CC(CCC(N)NC(=O)OC(C)(C)C)Cc1ccccc1. The first-order valence-electron chi connectivity index (χ1n) is 7.55. The predicted molar refractivity (Wildman–Crippen MR) is 85.9 cm³/mol. The Morgan fingerprint density at radius 3 is 2.43 bits per heavy atom. The molecule has 118 valence electrons. The Balaban J connectivity index is 2.26. The number of hydrogen-bond donors (Lipinski definition) is 2. The Labute approximate surface area is 128 Å². The molecule has 0 heterocycles. The molecular weight excluding hydrogens is 264 g/mol. The fraction of sp³-hybridized carbons (Fsp3) is 0.588. The summed E-state index contributed by atoms with van der Waals surface area (Å²) in [4.78, 5) is 11.6. The van der Waals surface area contributed by atoms with Gasteiger partial charge in [-0.05, 0) is 51.5 Å². The molecule has 0 bridgehead atoms. The molecule has 0 spiro atoms. The summed E-state index contributed by atoms with van der Waals surface area (Å²) in [5.41, 5.74) is 6.76. The van der Waals surface area contributed by atoms with Gasteiger partial charge < -0.3 is 15.8 Å². The summed E-state index contributed by atoms with van der Waals surface area (Å²) < 4.78 is 5.18. The second-order valence-electron chi connectivity index (χ2n) is 6.62.